The van der Waals surface area contributed by atoms with E-state index < -0.39 is 5.91 Å². The monoisotopic (exact) mass is 369 g/mol. The van der Waals surface area contributed by atoms with Crippen molar-refractivity contribution < 1.29 is 4.79 Å². The number of benzene rings is 1. The van der Waals surface area contributed by atoms with Crippen LogP contribution in [0.25, 0.3) is 11.3 Å². The van der Waals surface area contributed by atoms with Crippen LogP contribution in [0.15, 0.2) is 24.3 Å². The number of hydrogen-bond donors (Lipinski definition) is 3. The lowest BCUT2D eigenvalue weighted by atomic mass is 10.0. The Bertz CT molecular complexity index is 644. The number of carbonyl (C=O) groups is 1. The van der Waals surface area contributed by atoms with E-state index >= 15 is 0 Å². The number of aromatic nitrogens is 2. The SMILES string of the molecule is Cc1nc(N)nc(-c2ccccc2I)c1C(=O)NN. The topological polar surface area (TPSA) is 107 Å². The number of rotatable bonds is 2. The molecule has 0 saturated carbocycles. The number of nitrogens with zero attached hydrogens (tertiary/aromatic N) is 2. The number of nitrogens with two attached hydrogens (primary N) is 2. The van der Waals surface area contributed by atoms with E-state index in [-0.39, 0.29) is 5.95 Å². The molecule has 7 heteroatoms. The minimum Gasteiger partial charge on any atom is -0.368 e. The quantitative estimate of drug-likeness (QED) is 0.320. The molecule has 0 saturated heterocycles. The molecule has 0 aliphatic rings. The van der Waals surface area contributed by atoms with Crippen LogP contribution in [-0.2, 0) is 0 Å². The van der Waals surface area contributed by atoms with Crippen LogP contribution < -0.4 is 17.0 Å². The van der Waals surface area contributed by atoms with Crippen molar-refractivity contribution in [3.8, 4) is 11.3 Å². The van der Waals surface area contributed by atoms with E-state index in [1.54, 1.807) is 6.92 Å². The average molecular weight is 369 g/mol. The van der Waals surface area contributed by atoms with Crippen molar-refractivity contribution in [2.24, 2.45) is 5.84 Å². The number of nitrogen functional groups attached to an aromatic ring is 2. The summed E-state index contributed by atoms with van der Waals surface area (Å²) in [6.07, 6.45) is 0. The Morgan fingerprint density at radius 2 is 2.00 bits per heavy atom. The second kappa shape index (κ2) is 5.49. The van der Waals surface area contributed by atoms with Crippen LogP contribution in [-0.4, -0.2) is 15.9 Å². The zero-order valence-electron chi connectivity index (χ0n) is 10.1. The number of amides is 1. The summed E-state index contributed by atoms with van der Waals surface area (Å²) in [7, 11) is 0. The summed E-state index contributed by atoms with van der Waals surface area (Å²) in [5, 5.41) is 0. The van der Waals surface area contributed by atoms with Crippen molar-refractivity contribution >= 4 is 34.4 Å². The summed E-state index contributed by atoms with van der Waals surface area (Å²) in [6, 6.07) is 7.57. The van der Waals surface area contributed by atoms with Gasteiger partial charge in [0.15, 0.2) is 0 Å². The van der Waals surface area contributed by atoms with Gasteiger partial charge in [0.1, 0.15) is 0 Å². The molecule has 0 spiro atoms. The maximum atomic E-state index is 11.9. The molecule has 0 aliphatic heterocycles. The lowest BCUT2D eigenvalue weighted by Crippen LogP contribution is -2.31. The standard InChI is InChI=1S/C12H12IN5O/c1-6-9(11(19)18-15)10(17-12(14)16-6)7-4-2-3-5-8(7)13/h2-5H,15H2,1H3,(H,18,19)(H2,14,16,17). The Kier molecular flexibility index (Phi) is 3.96. The van der Waals surface area contributed by atoms with Crippen LogP contribution in [0, 0.1) is 10.5 Å². The molecule has 0 unspecified atom stereocenters. The Hall–Kier alpha value is -1.74. The van der Waals surface area contributed by atoms with Crippen molar-refractivity contribution in [3.63, 3.8) is 0 Å². The van der Waals surface area contributed by atoms with Gasteiger partial charge in [-0.3, -0.25) is 10.2 Å². The molecule has 0 aliphatic carbocycles. The highest BCUT2D eigenvalue weighted by Crippen LogP contribution is 2.28. The van der Waals surface area contributed by atoms with Crippen LogP contribution in [0.3, 0.4) is 0 Å². The molecule has 1 amide bonds. The van der Waals surface area contributed by atoms with Gasteiger partial charge in [0.25, 0.3) is 5.91 Å². The highest BCUT2D eigenvalue weighted by Gasteiger charge is 2.19. The zero-order valence-corrected chi connectivity index (χ0v) is 12.3. The van der Waals surface area contributed by atoms with Crippen LogP contribution >= 0.6 is 22.6 Å². The van der Waals surface area contributed by atoms with Gasteiger partial charge in [-0.15, -0.1) is 0 Å². The average Bonchev–Trinajstić information content (AvgIpc) is 2.37. The molecule has 1 aromatic heterocycles. The van der Waals surface area contributed by atoms with E-state index in [1.807, 2.05) is 24.3 Å². The highest BCUT2D eigenvalue weighted by molar-refractivity contribution is 14.1. The summed E-state index contributed by atoms with van der Waals surface area (Å²) in [5.74, 6) is 4.90. The van der Waals surface area contributed by atoms with Gasteiger partial charge >= 0.3 is 0 Å². The third-order valence-corrected chi connectivity index (χ3v) is 3.54. The van der Waals surface area contributed by atoms with Gasteiger partial charge in [-0.1, -0.05) is 18.2 Å². The van der Waals surface area contributed by atoms with Crippen molar-refractivity contribution in [2.45, 2.75) is 6.92 Å². The van der Waals surface area contributed by atoms with Gasteiger partial charge in [0.2, 0.25) is 5.95 Å². The first-order valence-corrected chi connectivity index (χ1v) is 6.52. The van der Waals surface area contributed by atoms with E-state index in [9.17, 15) is 4.79 Å². The molecule has 2 aromatic rings. The van der Waals surface area contributed by atoms with Crippen LogP contribution in [0.2, 0.25) is 0 Å². The summed E-state index contributed by atoms with van der Waals surface area (Å²) in [6.45, 7) is 1.70. The lowest BCUT2D eigenvalue weighted by Gasteiger charge is -2.12. The van der Waals surface area contributed by atoms with Gasteiger partial charge < -0.3 is 5.73 Å². The molecular weight excluding hydrogens is 357 g/mol. The summed E-state index contributed by atoms with van der Waals surface area (Å²) in [5.41, 5.74) is 9.91. The number of nitrogens with one attached hydrogen (secondary N) is 1. The largest absolute Gasteiger partial charge is 0.368 e. The fourth-order valence-electron chi connectivity index (χ4n) is 1.79. The molecule has 0 bridgehead atoms. The molecule has 1 heterocycles. The number of anilines is 1. The number of hydrogen-bond acceptors (Lipinski definition) is 5. The van der Waals surface area contributed by atoms with Crippen molar-refractivity contribution in [2.75, 3.05) is 5.73 Å². The summed E-state index contributed by atoms with van der Waals surface area (Å²) >= 11 is 2.18. The fourth-order valence-corrected chi connectivity index (χ4v) is 2.43. The number of aryl methyl sites for hydroxylation is 1. The second-order valence-corrected chi connectivity index (χ2v) is 5.01. The molecule has 98 valence electrons. The van der Waals surface area contributed by atoms with Crippen molar-refractivity contribution in [1.29, 1.82) is 0 Å². The number of carbonyl (C=O) groups excluding carboxylic acids is 1. The van der Waals surface area contributed by atoms with Gasteiger partial charge in [0, 0.05) is 9.13 Å². The Balaban J connectivity index is 2.75. The smallest absolute Gasteiger partial charge is 0.269 e. The van der Waals surface area contributed by atoms with Gasteiger partial charge in [-0.2, -0.15) is 0 Å². The normalized spacial score (nSPS) is 10.3. The second-order valence-electron chi connectivity index (χ2n) is 3.84. The number of hydrazine groups is 1. The molecule has 6 nitrogen and oxygen atoms in total. The van der Waals surface area contributed by atoms with Gasteiger partial charge in [0.05, 0.1) is 17.0 Å². The molecule has 2 rings (SSSR count). The first-order chi connectivity index (χ1) is 9.04. The predicted octanol–water partition coefficient (Wildman–Crippen LogP) is 1.24. The van der Waals surface area contributed by atoms with E-state index in [4.69, 9.17) is 11.6 Å². The summed E-state index contributed by atoms with van der Waals surface area (Å²) < 4.78 is 0.962. The predicted molar refractivity (Wildman–Crippen MR) is 81.0 cm³/mol. The van der Waals surface area contributed by atoms with E-state index in [0.717, 1.165) is 9.13 Å². The lowest BCUT2D eigenvalue weighted by molar-refractivity contribution is 0.0953. The maximum Gasteiger partial charge on any atom is 0.269 e. The molecule has 0 atom stereocenters. The molecule has 0 fully saturated rings. The zero-order chi connectivity index (χ0) is 14.0. The first-order valence-electron chi connectivity index (χ1n) is 5.44. The molecule has 5 N–H and O–H groups in total. The minimum absolute atomic E-state index is 0.126. The maximum absolute atomic E-state index is 11.9. The Morgan fingerprint density at radius 3 is 2.63 bits per heavy atom. The molecular formula is C12H12IN5O. The fraction of sp³-hybridized carbons (Fsp3) is 0.0833. The minimum atomic E-state index is -0.438. The third-order valence-electron chi connectivity index (χ3n) is 2.59. The summed E-state index contributed by atoms with van der Waals surface area (Å²) in [4.78, 5) is 20.1. The van der Waals surface area contributed by atoms with Crippen LogP contribution in [0.4, 0.5) is 5.95 Å². The van der Waals surface area contributed by atoms with Crippen LogP contribution in [0.1, 0.15) is 16.1 Å². The first kappa shape index (κ1) is 13.7. The molecule has 1 aromatic carbocycles. The van der Waals surface area contributed by atoms with Gasteiger partial charge in [-0.25, -0.2) is 15.8 Å². The Morgan fingerprint density at radius 1 is 1.32 bits per heavy atom. The van der Waals surface area contributed by atoms with Crippen molar-refractivity contribution in [1.82, 2.24) is 15.4 Å². The molecule has 0 radical (unpaired) electrons. The number of halogens is 1. The van der Waals surface area contributed by atoms with E-state index in [1.165, 1.54) is 0 Å². The van der Waals surface area contributed by atoms with E-state index in [2.05, 4.69) is 38.0 Å². The van der Waals surface area contributed by atoms with Crippen LogP contribution in [0.5, 0.6) is 0 Å². The van der Waals surface area contributed by atoms with Gasteiger partial charge in [-0.05, 0) is 35.6 Å². The molecule has 19 heavy (non-hydrogen) atoms. The van der Waals surface area contributed by atoms with E-state index in [0.29, 0.717) is 17.0 Å². The van der Waals surface area contributed by atoms with Crippen molar-refractivity contribution in [3.05, 3.63) is 39.1 Å². The highest BCUT2D eigenvalue weighted by atomic mass is 127. The Labute approximate surface area is 123 Å². The third kappa shape index (κ3) is 2.66.